The average molecular weight is 274 g/mol. The van der Waals surface area contributed by atoms with Crippen molar-refractivity contribution in [2.45, 2.75) is 57.9 Å². The molecule has 0 radical (unpaired) electrons. The lowest BCUT2D eigenvalue weighted by atomic mass is 9.83. The highest BCUT2D eigenvalue weighted by Crippen LogP contribution is 2.34. The van der Waals surface area contributed by atoms with Gasteiger partial charge in [0, 0.05) is 23.8 Å². The molecular formula is C16H26N4. The van der Waals surface area contributed by atoms with E-state index in [1.165, 1.54) is 49.2 Å². The number of rotatable bonds is 4. The van der Waals surface area contributed by atoms with E-state index in [2.05, 4.69) is 21.8 Å². The fraction of sp³-hybridized carbons (Fsp3) is 0.750. The van der Waals surface area contributed by atoms with E-state index >= 15 is 0 Å². The van der Waals surface area contributed by atoms with Gasteiger partial charge in [-0.15, -0.1) is 0 Å². The van der Waals surface area contributed by atoms with Crippen LogP contribution in [0.5, 0.6) is 0 Å². The lowest BCUT2D eigenvalue weighted by Crippen LogP contribution is -2.46. The van der Waals surface area contributed by atoms with Gasteiger partial charge < -0.3 is 10.6 Å². The molecule has 2 aliphatic rings. The summed E-state index contributed by atoms with van der Waals surface area (Å²) in [5.74, 6) is 1.82. The molecule has 0 aromatic carbocycles. The van der Waals surface area contributed by atoms with E-state index in [4.69, 9.17) is 5.73 Å². The molecule has 1 fully saturated rings. The van der Waals surface area contributed by atoms with E-state index in [0.29, 0.717) is 12.0 Å². The van der Waals surface area contributed by atoms with Crippen LogP contribution in [0, 0.1) is 5.92 Å². The smallest absolute Gasteiger partial charge is 0.135 e. The zero-order valence-corrected chi connectivity index (χ0v) is 12.5. The standard InChI is InChI=1S/C16H26N4/c1-2-20(15-9-4-3-6-12(15)10-17)16-13-7-5-8-14(13)18-11-19-16/h11-12,15H,2-10,17H2,1H3. The normalized spacial score (nSPS) is 25.5. The Labute approximate surface area is 121 Å². The molecule has 1 heterocycles. The summed E-state index contributed by atoms with van der Waals surface area (Å²) in [5.41, 5.74) is 8.69. The molecule has 1 saturated carbocycles. The van der Waals surface area contributed by atoms with Crippen molar-refractivity contribution in [2.24, 2.45) is 11.7 Å². The molecule has 0 spiro atoms. The molecule has 3 rings (SSSR count). The number of hydrogen-bond acceptors (Lipinski definition) is 4. The highest BCUT2D eigenvalue weighted by Gasteiger charge is 2.31. The van der Waals surface area contributed by atoms with Gasteiger partial charge in [-0.25, -0.2) is 9.97 Å². The minimum absolute atomic E-state index is 0.568. The van der Waals surface area contributed by atoms with E-state index in [1.807, 2.05) is 0 Å². The summed E-state index contributed by atoms with van der Waals surface area (Å²) in [5, 5.41) is 0. The van der Waals surface area contributed by atoms with E-state index in [1.54, 1.807) is 6.33 Å². The summed E-state index contributed by atoms with van der Waals surface area (Å²) >= 11 is 0. The Balaban J connectivity index is 1.91. The summed E-state index contributed by atoms with van der Waals surface area (Å²) in [7, 11) is 0. The first-order valence-corrected chi connectivity index (χ1v) is 8.14. The molecule has 110 valence electrons. The molecule has 20 heavy (non-hydrogen) atoms. The first kappa shape index (κ1) is 13.8. The third kappa shape index (κ3) is 2.41. The van der Waals surface area contributed by atoms with E-state index < -0.39 is 0 Å². The largest absolute Gasteiger partial charge is 0.353 e. The maximum absolute atomic E-state index is 6.02. The van der Waals surface area contributed by atoms with Gasteiger partial charge in [-0.2, -0.15) is 0 Å². The first-order valence-electron chi connectivity index (χ1n) is 8.14. The van der Waals surface area contributed by atoms with Gasteiger partial charge in [0.05, 0.1) is 0 Å². The van der Waals surface area contributed by atoms with E-state index in [-0.39, 0.29) is 0 Å². The monoisotopic (exact) mass is 274 g/mol. The Bertz CT molecular complexity index is 460. The van der Waals surface area contributed by atoms with Crippen molar-refractivity contribution in [3.05, 3.63) is 17.6 Å². The number of nitrogens with two attached hydrogens (primary N) is 1. The number of fused-ring (bicyclic) bond motifs is 1. The zero-order chi connectivity index (χ0) is 13.9. The second-order valence-corrected chi connectivity index (χ2v) is 6.11. The van der Waals surface area contributed by atoms with Crippen molar-refractivity contribution in [1.82, 2.24) is 9.97 Å². The maximum Gasteiger partial charge on any atom is 0.135 e. The molecule has 2 unspecified atom stereocenters. The summed E-state index contributed by atoms with van der Waals surface area (Å²) in [4.78, 5) is 11.6. The highest BCUT2D eigenvalue weighted by molar-refractivity contribution is 5.51. The molecular weight excluding hydrogens is 248 g/mol. The van der Waals surface area contributed by atoms with Gasteiger partial charge in [0.25, 0.3) is 0 Å². The number of aromatic nitrogens is 2. The van der Waals surface area contributed by atoms with Crippen LogP contribution in [0.2, 0.25) is 0 Å². The fourth-order valence-electron chi connectivity index (χ4n) is 4.00. The molecule has 2 N–H and O–H groups in total. The summed E-state index contributed by atoms with van der Waals surface area (Å²) in [6, 6.07) is 0.568. The lowest BCUT2D eigenvalue weighted by Gasteiger charge is -2.40. The number of hydrogen-bond donors (Lipinski definition) is 1. The second-order valence-electron chi connectivity index (χ2n) is 6.11. The molecule has 0 saturated heterocycles. The number of nitrogens with zero attached hydrogens (tertiary/aromatic N) is 3. The van der Waals surface area contributed by atoms with Gasteiger partial charge in [-0.3, -0.25) is 0 Å². The first-order chi connectivity index (χ1) is 9.85. The molecule has 2 atom stereocenters. The van der Waals surface area contributed by atoms with Crippen LogP contribution in [0.3, 0.4) is 0 Å². The fourth-order valence-corrected chi connectivity index (χ4v) is 4.00. The average Bonchev–Trinajstić information content (AvgIpc) is 2.98. The van der Waals surface area contributed by atoms with Crippen LogP contribution in [0.25, 0.3) is 0 Å². The molecule has 0 bridgehead atoms. The van der Waals surface area contributed by atoms with Gasteiger partial charge in [0.2, 0.25) is 0 Å². The Morgan fingerprint density at radius 3 is 2.85 bits per heavy atom. The molecule has 0 aliphatic heterocycles. The van der Waals surface area contributed by atoms with Crippen LogP contribution in [0.1, 0.15) is 50.3 Å². The van der Waals surface area contributed by atoms with Gasteiger partial charge in [-0.05, 0) is 51.5 Å². The topological polar surface area (TPSA) is 55.0 Å². The summed E-state index contributed by atoms with van der Waals surface area (Å²) in [6.07, 6.45) is 10.4. The van der Waals surface area contributed by atoms with Gasteiger partial charge in [-0.1, -0.05) is 12.8 Å². The Kier molecular flexibility index (Phi) is 4.20. The minimum atomic E-state index is 0.568. The maximum atomic E-state index is 6.02. The van der Waals surface area contributed by atoms with Crippen LogP contribution in [-0.4, -0.2) is 29.1 Å². The Morgan fingerprint density at radius 2 is 2.05 bits per heavy atom. The number of aryl methyl sites for hydroxylation is 1. The Morgan fingerprint density at radius 1 is 1.20 bits per heavy atom. The quantitative estimate of drug-likeness (QED) is 0.915. The SMILES string of the molecule is CCN(c1ncnc2c1CCC2)C1CCCCC1CN. The van der Waals surface area contributed by atoms with Crippen LogP contribution in [0.4, 0.5) is 5.82 Å². The molecule has 0 amide bonds. The van der Waals surface area contributed by atoms with Crippen molar-refractivity contribution in [3.63, 3.8) is 0 Å². The van der Waals surface area contributed by atoms with Crippen LogP contribution in [0.15, 0.2) is 6.33 Å². The lowest BCUT2D eigenvalue weighted by molar-refractivity contribution is 0.299. The minimum Gasteiger partial charge on any atom is -0.353 e. The van der Waals surface area contributed by atoms with Crippen molar-refractivity contribution in [1.29, 1.82) is 0 Å². The summed E-state index contributed by atoms with van der Waals surface area (Å²) in [6.45, 7) is 4.06. The van der Waals surface area contributed by atoms with E-state index in [9.17, 15) is 0 Å². The second kappa shape index (κ2) is 6.08. The summed E-state index contributed by atoms with van der Waals surface area (Å²) < 4.78 is 0. The third-order valence-electron chi connectivity index (χ3n) is 5.04. The molecule has 1 aromatic rings. The van der Waals surface area contributed by atoms with Gasteiger partial charge >= 0.3 is 0 Å². The number of anilines is 1. The van der Waals surface area contributed by atoms with Crippen molar-refractivity contribution < 1.29 is 0 Å². The van der Waals surface area contributed by atoms with Crippen LogP contribution < -0.4 is 10.6 Å². The highest BCUT2D eigenvalue weighted by atomic mass is 15.2. The molecule has 1 aromatic heterocycles. The van der Waals surface area contributed by atoms with E-state index in [0.717, 1.165) is 25.9 Å². The predicted molar refractivity (Wildman–Crippen MR) is 81.9 cm³/mol. The molecule has 4 nitrogen and oxygen atoms in total. The zero-order valence-electron chi connectivity index (χ0n) is 12.5. The van der Waals surface area contributed by atoms with Gasteiger partial charge in [0.1, 0.15) is 12.1 Å². The van der Waals surface area contributed by atoms with Crippen molar-refractivity contribution >= 4 is 5.82 Å². The third-order valence-corrected chi connectivity index (χ3v) is 5.04. The van der Waals surface area contributed by atoms with Crippen LogP contribution >= 0.6 is 0 Å². The van der Waals surface area contributed by atoms with Gasteiger partial charge in [0.15, 0.2) is 0 Å². The van der Waals surface area contributed by atoms with Crippen molar-refractivity contribution in [2.75, 3.05) is 18.0 Å². The van der Waals surface area contributed by atoms with Crippen molar-refractivity contribution in [3.8, 4) is 0 Å². The van der Waals surface area contributed by atoms with Crippen LogP contribution in [-0.2, 0) is 12.8 Å². The predicted octanol–water partition coefficient (Wildman–Crippen LogP) is 2.31. The molecule has 2 aliphatic carbocycles. The molecule has 4 heteroatoms. The Hall–Kier alpha value is -1.16.